The number of nitrogens with two attached hydrogens (primary N) is 2. The Hall–Kier alpha value is -2.41. The van der Waals surface area contributed by atoms with Crippen LogP contribution in [0.4, 0.5) is 5.82 Å². The Balaban J connectivity index is 1.49. The Labute approximate surface area is 213 Å². The molecular weight excluding hydrogens is 510 g/mol. The van der Waals surface area contributed by atoms with Crippen molar-refractivity contribution >= 4 is 44.8 Å². The van der Waals surface area contributed by atoms with Crippen LogP contribution in [0.25, 0.3) is 0 Å². The molecule has 3 atom stereocenters. The van der Waals surface area contributed by atoms with Crippen molar-refractivity contribution in [2.45, 2.75) is 38.3 Å². The van der Waals surface area contributed by atoms with Crippen LogP contribution in [0.2, 0.25) is 5.02 Å². The Morgan fingerprint density at radius 2 is 2.14 bits per heavy atom. The van der Waals surface area contributed by atoms with E-state index in [1.54, 1.807) is 6.07 Å². The Bertz CT molecular complexity index is 1330. The summed E-state index contributed by atoms with van der Waals surface area (Å²) in [5.74, 6) is 0.287. The van der Waals surface area contributed by atoms with E-state index in [1.165, 1.54) is 23.9 Å². The van der Waals surface area contributed by atoms with Gasteiger partial charge in [-0.1, -0.05) is 23.7 Å². The maximum atomic E-state index is 13.4. The molecule has 1 aliphatic carbocycles. The van der Waals surface area contributed by atoms with Gasteiger partial charge in [0.15, 0.2) is 0 Å². The van der Waals surface area contributed by atoms with Gasteiger partial charge < -0.3 is 11.1 Å². The topological polar surface area (TPSA) is 150 Å². The van der Waals surface area contributed by atoms with Crippen LogP contribution in [0.15, 0.2) is 42.9 Å². The van der Waals surface area contributed by atoms with E-state index in [9.17, 15) is 13.2 Å². The average Bonchev–Trinajstić information content (AvgIpc) is 3.43. The number of benzene rings is 1. The van der Waals surface area contributed by atoms with Gasteiger partial charge in [0.1, 0.15) is 12.1 Å². The van der Waals surface area contributed by atoms with Gasteiger partial charge in [0.25, 0.3) is 0 Å². The molecule has 12 heteroatoms. The quantitative estimate of drug-likeness (QED) is 0.352. The Morgan fingerprint density at radius 1 is 1.34 bits per heavy atom. The van der Waals surface area contributed by atoms with Crippen molar-refractivity contribution in [1.82, 2.24) is 9.97 Å². The molecule has 35 heavy (non-hydrogen) atoms. The fourth-order valence-corrected chi connectivity index (χ4v) is 5.88. The highest BCUT2D eigenvalue weighted by Crippen LogP contribution is 2.33. The first-order valence-corrected chi connectivity index (χ1v) is 13.7. The van der Waals surface area contributed by atoms with Gasteiger partial charge >= 0.3 is 10.3 Å². The van der Waals surface area contributed by atoms with E-state index in [2.05, 4.69) is 15.3 Å². The number of nitrogens with one attached hydrogen (secondary N) is 1. The van der Waals surface area contributed by atoms with Gasteiger partial charge in [-0.25, -0.2) is 15.1 Å². The average molecular weight is 536 g/mol. The first kappa shape index (κ1) is 25.7. The van der Waals surface area contributed by atoms with Gasteiger partial charge in [0, 0.05) is 22.1 Å². The van der Waals surface area contributed by atoms with Crippen LogP contribution in [0.1, 0.15) is 56.5 Å². The van der Waals surface area contributed by atoms with Gasteiger partial charge in [0.2, 0.25) is 5.78 Å². The summed E-state index contributed by atoms with van der Waals surface area (Å²) in [6.07, 6.45) is 5.11. The molecule has 0 saturated heterocycles. The summed E-state index contributed by atoms with van der Waals surface area (Å²) >= 11 is 7.49. The number of nitrogens with zero attached hydrogens (tertiary/aromatic N) is 2. The Morgan fingerprint density at radius 3 is 2.89 bits per heavy atom. The first-order valence-electron chi connectivity index (χ1n) is 11.0. The van der Waals surface area contributed by atoms with Gasteiger partial charge in [-0.2, -0.15) is 8.42 Å². The van der Waals surface area contributed by atoms with E-state index in [0.29, 0.717) is 27.7 Å². The van der Waals surface area contributed by atoms with Crippen LogP contribution in [0.3, 0.4) is 0 Å². The van der Waals surface area contributed by atoms with Crippen molar-refractivity contribution in [3.05, 3.63) is 74.3 Å². The molecule has 2 unspecified atom stereocenters. The molecule has 1 aliphatic rings. The molecule has 0 amide bonds. The predicted molar refractivity (Wildman–Crippen MR) is 136 cm³/mol. The number of halogens is 1. The number of anilines is 1. The first-order chi connectivity index (χ1) is 16.6. The summed E-state index contributed by atoms with van der Waals surface area (Å²) < 4.78 is 26.8. The van der Waals surface area contributed by atoms with Gasteiger partial charge in [0.05, 0.1) is 23.1 Å². The van der Waals surface area contributed by atoms with Crippen LogP contribution in [0, 0.1) is 12.8 Å². The molecule has 4 rings (SSSR count). The SMILES string of the molecule is Cc1sc(C(=O)c2cncnc2N[C@H]2CCC(COS(N)(=O)=O)C2)cc1C(N)c1cccc(Cl)c1. The second-order valence-corrected chi connectivity index (χ2v) is 11.5. The lowest BCUT2D eigenvalue weighted by Crippen LogP contribution is -2.22. The number of carbonyl (C=O) groups is 1. The predicted octanol–water partition coefficient (Wildman–Crippen LogP) is 3.58. The summed E-state index contributed by atoms with van der Waals surface area (Å²) in [6, 6.07) is 8.79. The maximum Gasteiger partial charge on any atom is 0.333 e. The molecule has 0 spiro atoms. The van der Waals surface area contributed by atoms with E-state index in [0.717, 1.165) is 28.8 Å². The highest BCUT2D eigenvalue weighted by atomic mass is 35.5. The molecule has 2 aromatic heterocycles. The third-order valence-corrected chi connectivity index (χ3v) is 7.79. The van der Waals surface area contributed by atoms with E-state index in [-0.39, 0.29) is 24.3 Å². The Kier molecular flexibility index (Phi) is 7.84. The summed E-state index contributed by atoms with van der Waals surface area (Å²) in [5.41, 5.74) is 8.57. The molecule has 3 aromatic rings. The third kappa shape index (κ3) is 6.43. The van der Waals surface area contributed by atoms with Crippen LogP contribution in [-0.2, 0) is 14.5 Å². The molecule has 0 aliphatic heterocycles. The monoisotopic (exact) mass is 535 g/mol. The number of thiophene rings is 1. The molecule has 0 radical (unpaired) electrons. The zero-order chi connectivity index (χ0) is 25.2. The zero-order valence-electron chi connectivity index (χ0n) is 19.0. The molecule has 1 aromatic carbocycles. The number of ketones is 1. The van der Waals surface area contributed by atoms with E-state index in [4.69, 9.17) is 26.7 Å². The van der Waals surface area contributed by atoms with Crippen LogP contribution < -0.4 is 16.2 Å². The lowest BCUT2D eigenvalue weighted by atomic mass is 9.99. The van der Waals surface area contributed by atoms with Gasteiger partial charge in [-0.15, -0.1) is 11.3 Å². The molecule has 1 saturated carbocycles. The third-order valence-electron chi connectivity index (χ3n) is 6.03. The molecule has 186 valence electrons. The molecule has 0 bridgehead atoms. The summed E-state index contributed by atoms with van der Waals surface area (Å²) in [6.45, 7) is 1.97. The van der Waals surface area contributed by atoms with Crippen LogP contribution >= 0.6 is 22.9 Å². The minimum absolute atomic E-state index is 0.0161. The lowest BCUT2D eigenvalue weighted by molar-refractivity contribution is 0.104. The zero-order valence-corrected chi connectivity index (χ0v) is 21.4. The van der Waals surface area contributed by atoms with E-state index >= 15 is 0 Å². The summed E-state index contributed by atoms with van der Waals surface area (Å²) in [4.78, 5) is 23.3. The van der Waals surface area contributed by atoms with Gasteiger partial charge in [-0.3, -0.25) is 8.98 Å². The van der Waals surface area contributed by atoms with Gasteiger partial charge in [-0.05, 0) is 61.4 Å². The maximum absolute atomic E-state index is 13.4. The fourth-order valence-electron chi connectivity index (χ4n) is 4.28. The number of hydrogen-bond donors (Lipinski definition) is 3. The van der Waals surface area contributed by atoms with Crippen molar-refractivity contribution in [2.75, 3.05) is 11.9 Å². The number of aromatic nitrogens is 2. The van der Waals surface area contributed by atoms with Crippen LogP contribution in [-0.4, -0.2) is 36.8 Å². The second-order valence-electron chi connectivity index (χ2n) is 8.57. The normalized spacial score (nSPS) is 19.0. The standard InChI is InChI=1S/C23H26ClN5O4S2/c1-13-18(21(25)15-3-2-4-16(24)8-15)9-20(34-13)22(30)19-10-27-12-28-23(19)29-17-6-5-14(7-17)11-33-35(26,31)32/h2-4,8-10,12,14,17,21H,5-7,11,25H2,1H3,(H2,26,31,32)(H,27,28,29)/t14?,17-,21?/m0/s1. The second kappa shape index (κ2) is 10.7. The van der Waals surface area contributed by atoms with Crippen molar-refractivity contribution in [3.63, 3.8) is 0 Å². The minimum Gasteiger partial charge on any atom is -0.367 e. The number of carbonyl (C=O) groups excluding carboxylic acids is 1. The van der Waals surface area contributed by atoms with Crippen LogP contribution in [0.5, 0.6) is 0 Å². The summed E-state index contributed by atoms with van der Waals surface area (Å²) in [7, 11) is -3.96. The van der Waals surface area contributed by atoms with Crippen molar-refractivity contribution in [3.8, 4) is 0 Å². The number of rotatable bonds is 9. The van der Waals surface area contributed by atoms with Crippen molar-refractivity contribution < 1.29 is 17.4 Å². The number of aryl methyl sites for hydroxylation is 1. The molecule has 2 heterocycles. The molecule has 1 fully saturated rings. The van der Waals surface area contributed by atoms with E-state index in [1.807, 2.05) is 31.2 Å². The van der Waals surface area contributed by atoms with Crippen molar-refractivity contribution in [2.24, 2.45) is 16.8 Å². The summed E-state index contributed by atoms with van der Waals surface area (Å²) in [5, 5.41) is 8.84. The highest BCUT2D eigenvalue weighted by molar-refractivity contribution is 7.84. The fraction of sp³-hybridized carbons (Fsp3) is 0.348. The smallest absolute Gasteiger partial charge is 0.333 e. The largest absolute Gasteiger partial charge is 0.367 e. The highest BCUT2D eigenvalue weighted by Gasteiger charge is 2.28. The minimum atomic E-state index is -3.96. The number of hydrogen-bond acceptors (Lipinski definition) is 9. The van der Waals surface area contributed by atoms with Crippen molar-refractivity contribution in [1.29, 1.82) is 0 Å². The lowest BCUT2D eigenvalue weighted by Gasteiger charge is -2.16. The molecular formula is C23H26ClN5O4S2. The molecule has 5 N–H and O–H groups in total. The van der Waals surface area contributed by atoms with E-state index < -0.39 is 16.3 Å². The molecule has 9 nitrogen and oxygen atoms in total.